The van der Waals surface area contributed by atoms with Crippen molar-refractivity contribution < 1.29 is 0 Å². The van der Waals surface area contributed by atoms with Crippen molar-refractivity contribution in [2.45, 2.75) is 18.9 Å². The molecule has 0 unspecified atom stereocenters. The van der Waals surface area contributed by atoms with Crippen LogP contribution in [0.5, 0.6) is 0 Å². The lowest BCUT2D eigenvalue weighted by molar-refractivity contribution is 0.340. The third-order valence-corrected chi connectivity index (χ3v) is 4.00. The van der Waals surface area contributed by atoms with Crippen molar-refractivity contribution in [3.05, 3.63) is 34.4 Å². The first kappa shape index (κ1) is 12.9. The van der Waals surface area contributed by atoms with E-state index in [2.05, 4.69) is 15.6 Å². The van der Waals surface area contributed by atoms with E-state index in [1.54, 1.807) is 18.3 Å². The van der Waals surface area contributed by atoms with Crippen molar-refractivity contribution in [2.75, 3.05) is 13.1 Å². The molecule has 1 saturated heterocycles. The molecule has 1 aromatic carbocycles. The second kappa shape index (κ2) is 5.49. The molecule has 0 radical (unpaired) electrons. The molecule has 19 heavy (non-hydrogen) atoms. The second-order valence-corrected chi connectivity index (χ2v) is 5.51. The van der Waals surface area contributed by atoms with Crippen LogP contribution < -0.4 is 5.32 Å². The van der Waals surface area contributed by atoms with Crippen molar-refractivity contribution in [3.8, 4) is 11.3 Å². The van der Waals surface area contributed by atoms with Crippen molar-refractivity contribution in [3.63, 3.8) is 0 Å². The molecule has 2 heterocycles. The number of halogens is 2. The van der Waals surface area contributed by atoms with E-state index in [1.165, 1.54) is 0 Å². The highest BCUT2D eigenvalue weighted by molar-refractivity contribution is 6.35. The summed E-state index contributed by atoms with van der Waals surface area (Å²) in [5.74, 6) is 0. The van der Waals surface area contributed by atoms with Crippen molar-refractivity contribution in [2.24, 2.45) is 0 Å². The van der Waals surface area contributed by atoms with Gasteiger partial charge in [0.2, 0.25) is 0 Å². The topological polar surface area (TPSA) is 42.7 Å². The van der Waals surface area contributed by atoms with E-state index >= 15 is 0 Å². The normalized spacial score (nSPS) is 16.7. The highest BCUT2D eigenvalue weighted by atomic mass is 35.5. The van der Waals surface area contributed by atoms with E-state index < -0.39 is 0 Å². The number of nitrogens with zero attached hydrogens (tertiary/aromatic N) is 3. The minimum atomic E-state index is 0.369. The summed E-state index contributed by atoms with van der Waals surface area (Å²) in [7, 11) is 0. The van der Waals surface area contributed by atoms with Gasteiger partial charge in [-0.2, -0.15) is 0 Å². The van der Waals surface area contributed by atoms with Crippen LogP contribution in [-0.4, -0.2) is 28.1 Å². The smallest absolute Gasteiger partial charge is 0.0904 e. The molecule has 1 N–H and O–H groups in total. The van der Waals surface area contributed by atoms with Crippen LogP contribution in [0.1, 0.15) is 18.9 Å². The summed E-state index contributed by atoms with van der Waals surface area (Å²) < 4.78 is 1.97. The van der Waals surface area contributed by atoms with Gasteiger partial charge in [0.25, 0.3) is 0 Å². The highest BCUT2D eigenvalue weighted by Gasteiger charge is 2.20. The van der Waals surface area contributed by atoms with Gasteiger partial charge in [-0.1, -0.05) is 28.4 Å². The van der Waals surface area contributed by atoms with Crippen LogP contribution in [-0.2, 0) is 0 Å². The molecule has 2 aromatic rings. The fraction of sp³-hybridized carbons (Fsp3) is 0.385. The van der Waals surface area contributed by atoms with Crippen LogP contribution in [0, 0.1) is 0 Å². The Morgan fingerprint density at radius 3 is 2.79 bits per heavy atom. The predicted octanol–water partition coefficient (Wildman–Crippen LogP) is 3.18. The summed E-state index contributed by atoms with van der Waals surface area (Å²) in [4.78, 5) is 0. The summed E-state index contributed by atoms with van der Waals surface area (Å²) >= 11 is 12.3. The highest BCUT2D eigenvalue weighted by Crippen LogP contribution is 2.32. The van der Waals surface area contributed by atoms with Crippen LogP contribution >= 0.6 is 23.2 Å². The number of benzene rings is 1. The fourth-order valence-electron chi connectivity index (χ4n) is 2.45. The molecular formula is C13H14Cl2N4. The first-order chi connectivity index (χ1) is 9.25. The summed E-state index contributed by atoms with van der Waals surface area (Å²) in [5.41, 5.74) is 1.82. The minimum Gasteiger partial charge on any atom is -0.317 e. The molecule has 0 aliphatic carbocycles. The first-order valence-electron chi connectivity index (χ1n) is 6.32. The molecule has 0 atom stereocenters. The second-order valence-electron chi connectivity index (χ2n) is 4.67. The third kappa shape index (κ3) is 2.61. The molecule has 1 aliphatic rings. The zero-order valence-electron chi connectivity index (χ0n) is 10.3. The Hall–Kier alpha value is -1.10. The van der Waals surface area contributed by atoms with Gasteiger partial charge in [-0.05, 0) is 44.1 Å². The minimum absolute atomic E-state index is 0.369. The number of rotatable bonds is 2. The molecule has 1 aromatic heterocycles. The molecule has 0 amide bonds. The molecular weight excluding hydrogens is 283 g/mol. The molecule has 4 nitrogen and oxygen atoms in total. The Morgan fingerprint density at radius 2 is 2.00 bits per heavy atom. The number of hydrogen-bond donors (Lipinski definition) is 1. The molecule has 1 fully saturated rings. The lowest BCUT2D eigenvalue weighted by Crippen LogP contribution is -2.30. The summed E-state index contributed by atoms with van der Waals surface area (Å²) in [6.45, 7) is 2.01. The number of hydrogen-bond acceptors (Lipinski definition) is 3. The lowest BCUT2D eigenvalue weighted by Gasteiger charge is -2.24. The van der Waals surface area contributed by atoms with E-state index in [4.69, 9.17) is 23.2 Å². The van der Waals surface area contributed by atoms with Gasteiger partial charge < -0.3 is 5.32 Å². The van der Waals surface area contributed by atoms with Gasteiger partial charge in [0.1, 0.15) is 0 Å². The maximum Gasteiger partial charge on any atom is 0.0904 e. The molecule has 1 aliphatic heterocycles. The average Bonchev–Trinajstić information content (AvgIpc) is 2.91. The quantitative estimate of drug-likeness (QED) is 0.925. The number of nitrogens with one attached hydrogen (secondary N) is 1. The van der Waals surface area contributed by atoms with Crippen molar-refractivity contribution >= 4 is 23.2 Å². The van der Waals surface area contributed by atoms with E-state index in [9.17, 15) is 0 Å². The van der Waals surface area contributed by atoms with Crippen molar-refractivity contribution in [1.29, 1.82) is 0 Å². The first-order valence-corrected chi connectivity index (χ1v) is 7.07. The van der Waals surface area contributed by atoms with Gasteiger partial charge in [-0.3, -0.25) is 0 Å². The Morgan fingerprint density at radius 1 is 1.21 bits per heavy atom. The maximum atomic E-state index is 6.26. The summed E-state index contributed by atoms with van der Waals surface area (Å²) in [6, 6.07) is 5.82. The largest absolute Gasteiger partial charge is 0.317 e. The fourth-order valence-corrected chi connectivity index (χ4v) is 2.84. The molecule has 6 heteroatoms. The van der Waals surface area contributed by atoms with Gasteiger partial charge in [0, 0.05) is 10.6 Å². The van der Waals surface area contributed by atoms with E-state index in [0.717, 1.165) is 37.2 Å². The third-order valence-electron chi connectivity index (χ3n) is 3.43. The molecule has 0 saturated carbocycles. The van der Waals surface area contributed by atoms with Crippen molar-refractivity contribution in [1.82, 2.24) is 20.3 Å². The predicted molar refractivity (Wildman–Crippen MR) is 76.6 cm³/mol. The molecule has 100 valence electrons. The Labute approximate surface area is 121 Å². The Balaban J connectivity index is 2.01. The van der Waals surface area contributed by atoms with E-state index in [-0.39, 0.29) is 0 Å². The van der Waals surface area contributed by atoms with Gasteiger partial charge in [0.15, 0.2) is 0 Å². The number of aromatic nitrogens is 3. The van der Waals surface area contributed by atoms with Gasteiger partial charge in [-0.15, -0.1) is 5.10 Å². The Bertz CT molecular complexity index is 576. The summed E-state index contributed by atoms with van der Waals surface area (Å²) in [5, 5.41) is 12.9. The van der Waals surface area contributed by atoms with Crippen LogP contribution in [0.15, 0.2) is 24.4 Å². The Kier molecular flexibility index (Phi) is 3.73. The SMILES string of the molecule is Clc1ccc(Cl)c(-c2cnnn2C2CCNCC2)c1. The number of piperidine rings is 1. The summed E-state index contributed by atoms with van der Waals surface area (Å²) in [6.07, 6.45) is 3.85. The van der Waals surface area contributed by atoms with Crippen LogP contribution in [0.4, 0.5) is 0 Å². The van der Waals surface area contributed by atoms with Gasteiger partial charge >= 0.3 is 0 Å². The van der Waals surface area contributed by atoms with Crippen LogP contribution in [0.2, 0.25) is 10.0 Å². The van der Waals surface area contributed by atoms with E-state index in [1.807, 2.05) is 10.7 Å². The zero-order valence-corrected chi connectivity index (χ0v) is 11.8. The maximum absolute atomic E-state index is 6.26. The lowest BCUT2D eigenvalue weighted by atomic mass is 10.1. The van der Waals surface area contributed by atoms with Crippen LogP contribution in [0.25, 0.3) is 11.3 Å². The zero-order chi connectivity index (χ0) is 13.2. The molecule has 0 spiro atoms. The monoisotopic (exact) mass is 296 g/mol. The average molecular weight is 297 g/mol. The molecule has 3 rings (SSSR count). The van der Waals surface area contributed by atoms with Crippen LogP contribution in [0.3, 0.4) is 0 Å². The van der Waals surface area contributed by atoms with E-state index in [0.29, 0.717) is 16.1 Å². The standard InChI is InChI=1S/C13H14Cl2N4/c14-9-1-2-12(15)11(7-9)13-8-17-18-19(13)10-3-5-16-6-4-10/h1-2,7-8,10,16H,3-6H2. The molecule has 0 bridgehead atoms. The van der Waals surface area contributed by atoms with Gasteiger partial charge in [-0.25, -0.2) is 4.68 Å². The van der Waals surface area contributed by atoms with Gasteiger partial charge in [0.05, 0.1) is 23.0 Å².